The Kier molecular flexibility index (Phi) is 10.8. The molecule has 5 aromatic rings. The van der Waals surface area contributed by atoms with Crippen molar-refractivity contribution in [3.63, 3.8) is 0 Å². The number of hydrogen-bond acceptors (Lipinski definition) is 15. The van der Waals surface area contributed by atoms with Gasteiger partial charge in [-0.2, -0.15) is 0 Å². The van der Waals surface area contributed by atoms with Crippen molar-refractivity contribution in [1.82, 2.24) is 0 Å². The molecule has 278 valence electrons. The average Bonchev–Trinajstić information content (AvgIpc) is 3.14. The maximum absolute atomic E-state index is 14.0. The zero-order chi connectivity index (χ0) is 38.5. The summed E-state index contributed by atoms with van der Waals surface area (Å²) in [6.07, 6.45) is -4.24. The van der Waals surface area contributed by atoms with Crippen LogP contribution in [0, 0.1) is 0 Å². The van der Waals surface area contributed by atoms with Gasteiger partial charge in [0, 0.05) is 29.8 Å². The van der Waals surface area contributed by atoms with Crippen molar-refractivity contribution < 1.29 is 68.7 Å². The predicted molar refractivity (Wildman–Crippen MR) is 189 cm³/mol. The van der Waals surface area contributed by atoms with E-state index in [0.717, 1.165) is 24.3 Å². The van der Waals surface area contributed by atoms with Crippen molar-refractivity contribution in [2.24, 2.45) is 0 Å². The van der Waals surface area contributed by atoms with Crippen LogP contribution in [0.4, 0.5) is 0 Å². The summed E-state index contributed by atoms with van der Waals surface area (Å²) in [7, 11) is 0. The van der Waals surface area contributed by atoms with Gasteiger partial charge in [-0.3, -0.25) is 4.79 Å². The van der Waals surface area contributed by atoms with E-state index in [9.17, 15) is 50.1 Å². The molecule has 0 bridgehead atoms. The Morgan fingerprint density at radius 3 is 1.85 bits per heavy atom. The molecule has 4 aromatic carbocycles. The molecule has 0 radical (unpaired) electrons. The fourth-order valence-electron chi connectivity index (χ4n) is 5.44. The largest absolute Gasteiger partial charge is 0.508 e. The summed E-state index contributed by atoms with van der Waals surface area (Å²) >= 11 is 0. The Bertz CT molecular complexity index is 2260. The van der Waals surface area contributed by atoms with Gasteiger partial charge in [0.1, 0.15) is 64.6 Å². The van der Waals surface area contributed by atoms with Gasteiger partial charge in [-0.15, -0.1) is 0 Å². The third-order valence-corrected chi connectivity index (χ3v) is 8.18. The first kappa shape index (κ1) is 37.0. The first-order chi connectivity index (χ1) is 25.9. The molecule has 0 spiro atoms. The van der Waals surface area contributed by atoms with Crippen molar-refractivity contribution in [3.05, 3.63) is 118 Å². The molecule has 15 heteroatoms. The lowest BCUT2D eigenvalue weighted by atomic mass is 9.99. The molecule has 7 N–H and O–H groups in total. The number of fused-ring (bicyclic) bond motifs is 1. The van der Waals surface area contributed by atoms with E-state index in [1.165, 1.54) is 72.8 Å². The summed E-state index contributed by atoms with van der Waals surface area (Å²) in [5, 5.41) is 71.5. The summed E-state index contributed by atoms with van der Waals surface area (Å²) in [5.41, 5.74) is -0.0115. The summed E-state index contributed by atoms with van der Waals surface area (Å²) < 4.78 is 28.6. The molecule has 1 aliphatic heterocycles. The highest BCUT2D eigenvalue weighted by Crippen LogP contribution is 2.38. The van der Waals surface area contributed by atoms with Crippen LogP contribution in [0.2, 0.25) is 0 Å². The molecule has 5 atom stereocenters. The number of carbonyl (C=O) groups is 2. The van der Waals surface area contributed by atoms with E-state index < -0.39 is 77.3 Å². The van der Waals surface area contributed by atoms with E-state index in [0.29, 0.717) is 11.1 Å². The first-order valence-electron chi connectivity index (χ1n) is 16.2. The Morgan fingerprint density at radius 1 is 0.704 bits per heavy atom. The van der Waals surface area contributed by atoms with Gasteiger partial charge in [-0.25, -0.2) is 9.59 Å². The molecule has 3 unspecified atom stereocenters. The fourth-order valence-corrected chi connectivity index (χ4v) is 5.44. The Morgan fingerprint density at radius 2 is 1.26 bits per heavy atom. The topological polar surface area (TPSA) is 243 Å². The number of phenolic OH excluding ortho intramolecular Hbond substituents is 5. The van der Waals surface area contributed by atoms with E-state index in [2.05, 4.69) is 0 Å². The highest BCUT2D eigenvalue weighted by molar-refractivity contribution is 5.89. The molecule has 6 rings (SSSR count). The number of aromatic hydroxyl groups is 5. The maximum atomic E-state index is 14.0. The standard InChI is InChI=1S/C39H32O15/c40-23-9-1-20(2-10-23)5-15-30(45)50-19-29-33(47)35(49)38(53-31(46)16-6-21-3-11-24(41)12-4-21)39(52-29)54-37-34(48)32-27(44)17-26(43)18-28(32)51-36(37)22-7-13-25(42)14-8-22/h1-18,29,33,35,38-44,47,49H,19H2/b15-5+,16-6-/t29?,33-,35?,38?,39+/m1/s1. The van der Waals surface area contributed by atoms with Gasteiger partial charge in [0.25, 0.3) is 0 Å². The zero-order valence-electron chi connectivity index (χ0n) is 27.9. The second-order valence-corrected chi connectivity index (χ2v) is 12.0. The van der Waals surface area contributed by atoms with Gasteiger partial charge in [-0.1, -0.05) is 24.3 Å². The highest BCUT2D eigenvalue weighted by atomic mass is 16.7. The molecule has 54 heavy (non-hydrogen) atoms. The zero-order valence-corrected chi connectivity index (χ0v) is 27.9. The third kappa shape index (κ3) is 8.45. The second-order valence-electron chi connectivity index (χ2n) is 12.0. The summed E-state index contributed by atoms with van der Waals surface area (Å²) in [4.78, 5) is 39.6. The normalized spacial score (nSPS) is 19.9. The Labute approximate surface area is 305 Å². The lowest BCUT2D eigenvalue weighted by Crippen LogP contribution is -2.61. The number of aliphatic hydroxyl groups is 2. The number of ether oxygens (including phenoxy) is 4. The maximum Gasteiger partial charge on any atom is 0.331 e. The number of esters is 2. The van der Waals surface area contributed by atoms with Crippen molar-refractivity contribution in [2.45, 2.75) is 30.7 Å². The summed E-state index contributed by atoms with van der Waals surface area (Å²) in [6, 6.07) is 19.0. The predicted octanol–water partition coefficient (Wildman–Crippen LogP) is 3.70. The van der Waals surface area contributed by atoms with E-state index in [4.69, 9.17) is 23.4 Å². The fraction of sp³-hybridized carbons (Fsp3) is 0.154. The van der Waals surface area contributed by atoms with Gasteiger partial charge in [-0.05, 0) is 71.8 Å². The SMILES string of the molecule is O=C(/C=C\c1ccc(O)cc1)OC1C(O)[C@H](O)C(COC(=O)/C=C/c2ccc(O)cc2)O[C@H]1Oc1c(-c2ccc(O)cc2)oc2cc(O)cc(O)c2c1=O. The van der Waals surface area contributed by atoms with Crippen LogP contribution in [0.3, 0.4) is 0 Å². The molecular weight excluding hydrogens is 708 g/mol. The number of benzene rings is 4. The van der Waals surface area contributed by atoms with E-state index in [1.807, 2.05) is 0 Å². The molecule has 0 aliphatic carbocycles. The average molecular weight is 741 g/mol. The van der Waals surface area contributed by atoms with E-state index >= 15 is 0 Å². The van der Waals surface area contributed by atoms with Gasteiger partial charge >= 0.3 is 11.9 Å². The number of phenols is 5. The molecule has 1 aromatic heterocycles. The number of hydrogen-bond donors (Lipinski definition) is 7. The third-order valence-electron chi connectivity index (χ3n) is 8.18. The van der Waals surface area contributed by atoms with E-state index in [-0.39, 0.29) is 34.2 Å². The van der Waals surface area contributed by atoms with Crippen molar-refractivity contribution in [3.8, 4) is 45.8 Å². The lowest BCUT2D eigenvalue weighted by Gasteiger charge is -2.41. The molecule has 0 amide bonds. The molecule has 1 saturated heterocycles. The number of aliphatic hydroxyl groups excluding tert-OH is 2. The molecule has 0 saturated carbocycles. The summed E-state index contributed by atoms with van der Waals surface area (Å²) in [5.74, 6) is -4.04. The van der Waals surface area contributed by atoms with Gasteiger partial charge < -0.3 is 59.1 Å². The number of carbonyl (C=O) groups excluding carboxylic acids is 2. The molecule has 1 aliphatic rings. The number of rotatable bonds is 10. The van der Waals surface area contributed by atoms with Crippen molar-refractivity contribution >= 4 is 35.1 Å². The molecule has 2 heterocycles. The Balaban J connectivity index is 1.33. The van der Waals surface area contributed by atoms with Gasteiger partial charge in [0.05, 0.1) is 0 Å². The molecular formula is C39H32O15. The second kappa shape index (κ2) is 15.8. The molecule has 1 fully saturated rings. The van der Waals surface area contributed by atoms with Gasteiger partial charge in [0.15, 0.2) is 11.9 Å². The minimum Gasteiger partial charge on any atom is -0.508 e. The van der Waals surface area contributed by atoms with Crippen molar-refractivity contribution in [2.75, 3.05) is 6.61 Å². The minimum atomic E-state index is -1.96. The highest BCUT2D eigenvalue weighted by Gasteiger charge is 2.49. The quantitative estimate of drug-likeness (QED) is 0.0798. The summed E-state index contributed by atoms with van der Waals surface area (Å²) in [6.45, 7) is -0.657. The monoisotopic (exact) mass is 740 g/mol. The first-order valence-corrected chi connectivity index (χ1v) is 16.2. The minimum absolute atomic E-state index is 0.00487. The van der Waals surface area contributed by atoms with Crippen LogP contribution < -0.4 is 10.2 Å². The molecule has 15 nitrogen and oxygen atoms in total. The van der Waals surface area contributed by atoms with Crippen LogP contribution in [0.1, 0.15) is 11.1 Å². The van der Waals surface area contributed by atoms with Crippen LogP contribution in [-0.4, -0.2) is 85.0 Å². The Hall–Kier alpha value is -6.81. The van der Waals surface area contributed by atoms with Crippen LogP contribution in [0.15, 0.2) is 106 Å². The van der Waals surface area contributed by atoms with Crippen molar-refractivity contribution in [1.29, 1.82) is 0 Å². The smallest absolute Gasteiger partial charge is 0.331 e. The van der Waals surface area contributed by atoms with Crippen LogP contribution in [0.5, 0.6) is 34.5 Å². The lowest BCUT2D eigenvalue weighted by molar-refractivity contribution is -0.282. The van der Waals surface area contributed by atoms with Crippen LogP contribution in [0.25, 0.3) is 34.4 Å². The van der Waals surface area contributed by atoms with Gasteiger partial charge in [0.2, 0.25) is 17.5 Å². The van der Waals surface area contributed by atoms with Crippen LogP contribution in [-0.2, 0) is 23.8 Å². The van der Waals surface area contributed by atoms with Crippen LogP contribution >= 0.6 is 0 Å². The van der Waals surface area contributed by atoms with E-state index in [1.54, 1.807) is 12.1 Å².